The number of halogens is 2. The molecule has 20 heavy (non-hydrogen) atoms. The fraction of sp³-hybridized carbons (Fsp3) is 0.312. The van der Waals surface area contributed by atoms with Gasteiger partial charge in [0.25, 0.3) is 0 Å². The maximum absolute atomic E-state index is 6.30. The molecule has 0 saturated heterocycles. The molecule has 0 fully saturated rings. The van der Waals surface area contributed by atoms with Gasteiger partial charge in [-0.05, 0) is 42.8 Å². The second kappa shape index (κ2) is 7.77. The van der Waals surface area contributed by atoms with Crippen molar-refractivity contribution in [1.82, 2.24) is 10.3 Å². The van der Waals surface area contributed by atoms with E-state index in [1.54, 1.807) is 0 Å². The molecule has 1 atom stereocenters. The zero-order valence-corrected chi connectivity index (χ0v) is 13.8. The van der Waals surface area contributed by atoms with Crippen LogP contribution in [0.25, 0.3) is 0 Å². The van der Waals surface area contributed by atoms with E-state index >= 15 is 0 Å². The van der Waals surface area contributed by atoms with Crippen LogP contribution >= 0.6 is 27.5 Å². The van der Waals surface area contributed by atoms with Gasteiger partial charge in [-0.1, -0.05) is 46.6 Å². The summed E-state index contributed by atoms with van der Waals surface area (Å²) in [6, 6.07) is 12.4. The monoisotopic (exact) mass is 352 g/mol. The maximum atomic E-state index is 6.30. The molecule has 1 aromatic heterocycles. The average Bonchev–Trinajstić information content (AvgIpc) is 2.43. The van der Waals surface area contributed by atoms with Crippen molar-refractivity contribution in [3.05, 3.63) is 63.3 Å². The lowest BCUT2D eigenvalue weighted by Gasteiger charge is -2.18. The minimum absolute atomic E-state index is 0.341. The van der Waals surface area contributed by atoms with Crippen molar-refractivity contribution in [1.29, 1.82) is 0 Å². The number of nitrogens with zero attached hydrogens (tertiary/aromatic N) is 1. The number of hydrogen-bond acceptors (Lipinski definition) is 2. The summed E-state index contributed by atoms with van der Waals surface area (Å²) in [5, 5.41) is 4.32. The normalized spacial score (nSPS) is 12.3. The zero-order chi connectivity index (χ0) is 14.4. The first kappa shape index (κ1) is 15.5. The number of aromatic nitrogens is 1. The van der Waals surface area contributed by atoms with Gasteiger partial charge in [0.1, 0.15) is 0 Å². The molecule has 2 nitrogen and oxygen atoms in total. The van der Waals surface area contributed by atoms with Crippen LogP contribution in [0.3, 0.4) is 0 Å². The van der Waals surface area contributed by atoms with Crippen LogP contribution < -0.4 is 5.32 Å². The first-order valence-electron chi connectivity index (χ1n) is 6.76. The van der Waals surface area contributed by atoms with Gasteiger partial charge in [0, 0.05) is 33.8 Å². The number of hydrogen-bond donors (Lipinski definition) is 1. The summed E-state index contributed by atoms with van der Waals surface area (Å²) in [5.74, 6) is 0. The zero-order valence-electron chi connectivity index (χ0n) is 11.4. The van der Waals surface area contributed by atoms with E-state index in [1.165, 1.54) is 0 Å². The maximum Gasteiger partial charge on any atom is 0.0449 e. The van der Waals surface area contributed by atoms with Crippen LogP contribution in [0.2, 0.25) is 5.02 Å². The number of benzene rings is 1. The summed E-state index contributed by atoms with van der Waals surface area (Å²) in [6.45, 7) is 3.06. The first-order valence-corrected chi connectivity index (χ1v) is 7.93. The second-order valence-electron chi connectivity index (χ2n) is 4.72. The Morgan fingerprint density at radius 3 is 2.75 bits per heavy atom. The van der Waals surface area contributed by atoms with E-state index in [0.717, 1.165) is 40.1 Å². The van der Waals surface area contributed by atoms with Crippen molar-refractivity contribution >= 4 is 27.5 Å². The van der Waals surface area contributed by atoms with E-state index in [9.17, 15) is 0 Å². The highest BCUT2D eigenvalue weighted by atomic mass is 79.9. The second-order valence-corrected chi connectivity index (χ2v) is 6.04. The summed E-state index contributed by atoms with van der Waals surface area (Å²) in [4.78, 5) is 4.40. The lowest BCUT2D eigenvalue weighted by atomic mass is 10.0. The molecule has 4 heteroatoms. The largest absolute Gasteiger partial charge is 0.314 e. The third kappa shape index (κ3) is 4.58. The van der Waals surface area contributed by atoms with Crippen molar-refractivity contribution in [2.45, 2.75) is 25.8 Å². The van der Waals surface area contributed by atoms with Gasteiger partial charge in [-0.3, -0.25) is 4.98 Å². The third-order valence-corrected chi connectivity index (χ3v) is 4.00. The molecule has 0 aliphatic rings. The molecule has 1 N–H and O–H groups in total. The Balaban J connectivity index is 2.09. The molecule has 106 valence electrons. The van der Waals surface area contributed by atoms with Gasteiger partial charge < -0.3 is 5.32 Å². The quantitative estimate of drug-likeness (QED) is 0.839. The molecule has 0 radical (unpaired) electrons. The van der Waals surface area contributed by atoms with E-state index < -0.39 is 0 Å². The molecule has 1 heterocycles. The summed E-state index contributed by atoms with van der Waals surface area (Å²) in [6.07, 6.45) is 3.64. The first-order chi connectivity index (χ1) is 9.69. The molecule has 2 rings (SSSR count). The van der Waals surface area contributed by atoms with Crippen molar-refractivity contribution in [2.75, 3.05) is 6.54 Å². The molecular weight excluding hydrogens is 336 g/mol. The average molecular weight is 354 g/mol. The summed E-state index contributed by atoms with van der Waals surface area (Å²) in [7, 11) is 0. The molecule has 0 aliphatic heterocycles. The van der Waals surface area contributed by atoms with Crippen LogP contribution in [-0.2, 0) is 12.8 Å². The van der Waals surface area contributed by atoms with Crippen LogP contribution in [0.5, 0.6) is 0 Å². The standard InChI is InChI=1S/C16H18BrClN2/c1-2-19-15(11-14-5-3-4-8-20-14)9-12-6-7-13(17)10-16(12)18/h3-8,10,15,19H,2,9,11H2,1H3. The fourth-order valence-electron chi connectivity index (χ4n) is 2.23. The van der Waals surface area contributed by atoms with E-state index in [1.807, 2.05) is 30.5 Å². The molecule has 1 aromatic carbocycles. The molecule has 0 saturated carbocycles. The van der Waals surface area contributed by atoms with Crippen molar-refractivity contribution in [3.8, 4) is 0 Å². The number of nitrogens with one attached hydrogen (secondary N) is 1. The minimum Gasteiger partial charge on any atom is -0.314 e. The van der Waals surface area contributed by atoms with Gasteiger partial charge in [0.05, 0.1) is 0 Å². The summed E-state index contributed by atoms with van der Waals surface area (Å²) >= 11 is 9.74. The lowest BCUT2D eigenvalue weighted by molar-refractivity contribution is 0.516. The minimum atomic E-state index is 0.341. The van der Waals surface area contributed by atoms with Crippen LogP contribution in [0, 0.1) is 0 Å². The Labute approximate surface area is 133 Å². The number of pyridine rings is 1. The van der Waals surface area contributed by atoms with E-state index in [-0.39, 0.29) is 0 Å². The molecule has 0 bridgehead atoms. The molecule has 0 spiro atoms. The smallest absolute Gasteiger partial charge is 0.0449 e. The number of rotatable bonds is 6. The SMILES string of the molecule is CCNC(Cc1ccccn1)Cc1ccc(Br)cc1Cl. The van der Waals surface area contributed by atoms with Crippen molar-refractivity contribution < 1.29 is 0 Å². The van der Waals surface area contributed by atoms with E-state index in [0.29, 0.717) is 6.04 Å². The van der Waals surface area contributed by atoms with Crippen LogP contribution in [0.4, 0.5) is 0 Å². The van der Waals surface area contributed by atoms with Crippen molar-refractivity contribution in [3.63, 3.8) is 0 Å². The van der Waals surface area contributed by atoms with Gasteiger partial charge in [0.15, 0.2) is 0 Å². The van der Waals surface area contributed by atoms with Gasteiger partial charge in [0.2, 0.25) is 0 Å². The summed E-state index contributed by atoms with van der Waals surface area (Å²) < 4.78 is 1.01. The van der Waals surface area contributed by atoms with Gasteiger partial charge in [-0.2, -0.15) is 0 Å². The van der Waals surface area contributed by atoms with Gasteiger partial charge in [-0.15, -0.1) is 0 Å². The van der Waals surface area contributed by atoms with Gasteiger partial charge >= 0.3 is 0 Å². The highest BCUT2D eigenvalue weighted by molar-refractivity contribution is 9.10. The Morgan fingerprint density at radius 2 is 2.10 bits per heavy atom. The number of likely N-dealkylation sites (N-methyl/N-ethyl adjacent to an activating group) is 1. The molecule has 0 amide bonds. The molecule has 0 aliphatic carbocycles. The Hall–Kier alpha value is -0.900. The van der Waals surface area contributed by atoms with Gasteiger partial charge in [-0.25, -0.2) is 0 Å². The highest BCUT2D eigenvalue weighted by Crippen LogP contribution is 2.23. The predicted molar refractivity (Wildman–Crippen MR) is 88.3 cm³/mol. The topological polar surface area (TPSA) is 24.9 Å². The van der Waals surface area contributed by atoms with E-state index in [4.69, 9.17) is 11.6 Å². The molecule has 2 aromatic rings. The van der Waals surface area contributed by atoms with Crippen LogP contribution in [0.1, 0.15) is 18.2 Å². The Bertz CT molecular complexity index is 545. The summed E-state index contributed by atoms with van der Waals surface area (Å²) in [5.41, 5.74) is 2.27. The predicted octanol–water partition coefficient (Wildman–Crippen LogP) is 4.26. The Kier molecular flexibility index (Phi) is 6.02. The van der Waals surface area contributed by atoms with E-state index in [2.05, 4.69) is 45.3 Å². The Morgan fingerprint density at radius 1 is 1.25 bits per heavy atom. The van der Waals surface area contributed by atoms with Crippen LogP contribution in [-0.4, -0.2) is 17.6 Å². The van der Waals surface area contributed by atoms with Crippen molar-refractivity contribution in [2.24, 2.45) is 0 Å². The fourth-order valence-corrected chi connectivity index (χ4v) is 2.98. The van der Waals surface area contributed by atoms with Crippen LogP contribution in [0.15, 0.2) is 47.1 Å². The highest BCUT2D eigenvalue weighted by Gasteiger charge is 2.12. The third-order valence-electron chi connectivity index (χ3n) is 3.16. The lowest BCUT2D eigenvalue weighted by Crippen LogP contribution is -2.33. The molecule has 1 unspecified atom stereocenters. The molecular formula is C16H18BrClN2.